The maximum Gasteiger partial charge on any atom is 0.362 e. The topological polar surface area (TPSA) is 54.3 Å². The lowest BCUT2D eigenvalue weighted by atomic mass is 10.2. The van der Waals surface area contributed by atoms with Crippen molar-refractivity contribution in [3.8, 4) is 0 Å². The van der Waals surface area contributed by atoms with Crippen LogP contribution < -0.4 is 4.90 Å². The molecule has 1 saturated heterocycles. The number of halogens is 2. The van der Waals surface area contributed by atoms with Gasteiger partial charge in [0.05, 0.1) is 23.1 Å². The van der Waals surface area contributed by atoms with Crippen molar-refractivity contribution in [2.75, 3.05) is 31.1 Å². The Morgan fingerprint density at radius 1 is 1.05 bits per heavy atom. The quantitative estimate of drug-likeness (QED) is 0.807. The summed E-state index contributed by atoms with van der Waals surface area (Å²) in [5.41, 5.74) is 0.936. The van der Waals surface area contributed by atoms with Gasteiger partial charge in [-0.1, -0.05) is 28.0 Å². The van der Waals surface area contributed by atoms with Gasteiger partial charge in [-0.15, -0.1) is 0 Å². The Hall–Kier alpha value is -1.79. The van der Waals surface area contributed by atoms with Crippen molar-refractivity contribution >= 4 is 34.9 Å². The molecule has 1 amide bonds. The number of hydrogen-bond acceptors (Lipinski definition) is 4. The number of carbonyl (C=O) groups excluding carboxylic acids is 1. The molecule has 0 spiro atoms. The summed E-state index contributed by atoms with van der Waals surface area (Å²) >= 11 is 12.1. The molecule has 1 aromatic heterocycles. The van der Waals surface area contributed by atoms with Gasteiger partial charge in [-0.3, -0.25) is 0 Å². The normalized spacial score (nSPS) is 15.3. The Morgan fingerprint density at radius 2 is 1.71 bits per heavy atom. The fraction of sp³-hybridized carbons (Fsp3) is 0.308. The molecule has 0 N–H and O–H groups in total. The third kappa shape index (κ3) is 2.96. The van der Waals surface area contributed by atoms with Crippen LogP contribution in [0.25, 0.3) is 0 Å². The van der Waals surface area contributed by atoms with Gasteiger partial charge in [-0.2, -0.15) is 10.2 Å². The van der Waals surface area contributed by atoms with Gasteiger partial charge in [0, 0.05) is 31.2 Å². The van der Waals surface area contributed by atoms with Crippen molar-refractivity contribution in [2.24, 2.45) is 0 Å². The smallest absolute Gasteiger partial charge is 0.362 e. The van der Waals surface area contributed by atoms with Crippen LogP contribution in [-0.2, 0) is 0 Å². The second-order valence-electron chi connectivity index (χ2n) is 4.67. The van der Waals surface area contributed by atoms with Crippen molar-refractivity contribution in [1.82, 2.24) is 19.9 Å². The Labute approximate surface area is 131 Å². The third-order valence-corrected chi connectivity index (χ3v) is 3.93. The number of nitrogens with zero attached hydrogens (tertiary/aromatic N) is 5. The first-order valence-corrected chi connectivity index (χ1v) is 7.26. The van der Waals surface area contributed by atoms with E-state index in [0.717, 1.165) is 10.5 Å². The predicted octanol–water partition coefficient (Wildman–Crippen LogP) is 2.38. The molecule has 110 valence electrons. The molecule has 8 heteroatoms. The molecule has 1 aromatic carbocycles. The number of benzene rings is 1. The number of rotatable bonds is 1. The van der Waals surface area contributed by atoms with Crippen molar-refractivity contribution in [3.63, 3.8) is 0 Å². The van der Waals surface area contributed by atoms with Gasteiger partial charge < -0.3 is 9.80 Å². The van der Waals surface area contributed by atoms with Gasteiger partial charge in [-0.25, -0.2) is 4.79 Å². The molecule has 0 bridgehead atoms. The molecule has 0 atom stereocenters. The van der Waals surface area contributed by atoms with E-state index in [0.29, 0.717) is 36.2 Å². The molecule has 2 aromatic rings. The van der Waals surface area contributed by atoms with E-state index in [4.69, 9.17) is 23.2 Å². The summed E-state index contributed by atoms with van der Waals surface area (Å²) in [7, 11) is 0. The van der Waals surface area contributed by atoms with Crippen molar-refractivity contribution in [3.05, 3.63) is 40.6 Å². The zero-order valence-electron chi connectivity index (χ0n) is 11.1. The standard InChI is InChI=1S/C13H13Cl2N5O/c14-10-1-2-12(11(15)9-10)18-5-7-19(8-6-18)13(21)20-16-3-4-17-20/h1-4,9H,5-8H2. The highest BCUT2D eigenvalue weighted by Crippen LogP contribution is 2.29. The van der Waals surface area contributed by atoms with Crippen LogP contribution >= 0.6 is 23.2 Å². The molecule has 6 nitrogen and oxygen atoms in total. The molecule has 3 rings (SSSR count). The van der Waals surface area contributed by atoms with Crippen LogP contribution in [0.4, 0.5) is 10.5 Å². The molecule has 1 fully saturated rings. The first-order chi connectivity index (χ1) is 10.1. The van der Waals surface area contributed by atoms with Gasteiger partial charge in [-0.05, 0) is 18.2 Å². The highest BCUT2D eigenvalue weighted by molar-refractivity contribution is 6.36. The zero-order valence-corrected chi connectivity index (χ0v) is 12.6. The van der Waals surface area contributed by atoms with E-state index in [-0.39, 0.29) is 6.03 Å². The summed E-state index contributed by atoms with van der Waals surface area (Å²) in [5.74, 6) is 0. The summed E-state index contributed by atoms with van der Waals surface area (Å²) in [6, 6.07) is 5.23. The van der Waals surface area contributed by atoms with E-state index in [2.05, 4.69) is 15.1 Å². The van der Waals surface area contributed by atoms with Gasteiger partial charge >= 0.3 is 6.03 Å². The lowest BCUT2D eigenvalue weighted by Gasteiger charge is -2.35. The van der Waals surface area contributed by atoms with Gasteiger partial charge in [0.25, 0.3) is 0 Å². The minimum Gasteiger partial charge on any atom is -0.367 e. The molecular weight excluding hydrogens is 313 g/mol. The largest absolute Gasteiger partial charge is 0.367 e. The minimum atomic E-state index is -0.207. The molecule has 1 aliphatic rings. The van der Waals surface area contributed by atoms with E-state index >= 15 is 0 Å². The summed E-state index contributed by atoms with van der Waals surface area (Å²) in [6.45, 7) is 2.60. The van der Waals surface area contributed by atoms with E-state index < -0.39 is 0 Å². The number of amides is 1. The average Bonchev–Trinajstić information content (AvgIpc) is 3.01. The van der Waals surface area contributed by atoms with Crippen LogP contribution in [0, 0.1) is 0 Å². The number of aromatic nitrogens is 3. The number of hydrogen-bond donors (Lipinski definition) is 0. The monoisotopic (exact) mass is 325 g/mol. The fourth-order valence-corrected chi connectivity index (χ4v) is 2.85. The maximum absolute atomic E-state index is 12.1. The van der Waals surface area contributed by atoms with Crippen LogP contribution in [0.15, 0.2) is 30.6 Å². The Kier molecular flexibility index (Phi) is 3.98. The van der Waals surface area contributed by atoms with Crippen LogP contribution in [0.3, 0.4) is 0 Å². The van der Waals surface area contributed by atoms with E-state index in [1.807, 2.05) is 12.1 Å². The summed E-state index contributed by atoms with van der Waals surface area (Å²) in [5, 5.41) is 8.95. The van der Waals surface area contributed by atoms with Gasteiger partial charge in [0.15, 0.2) is 0 Å². The molecule has 0 radical (unpaired) electrons. The van der Waals surface area contributed by atoms with Crippen LogP contribution in [0.2, 0.25) is 10.0 Å². The maximum atomic E-state index is 12.1. The SMILES string of the molecule is O=C(N1CCN(c2ccc(Cl)cc2Cl)CC1)n1nccn1. The van der Waals surface area contributed by atoms with Gasteiger partial charge in [0.2, 0.25) is 0 Å². The summed E-state index contributed by atoms with van der Waals surface area (Å²) < 4.78 is 0. The highest BCUT2D eigenvalue weighted by atomic mass is 35.5. The lowest BCUT2D eigenvalue weighted by Crippen LogP contribution is -2.50. The second-order valence-corrected chi connectivity index (χ2v) is 5.51. The summed E-state index contributed by atoms with van der Waals surface area (Å²) in [4.78, 5) is 17.1. The van der Waals surface area contributed by atoms with Crippen LogP contribution in [0.5, 0.6) is 0 Å². The van der Waals surface area contributed by atoms with Crippen molar-refractivity contribution < 1.29 is 4.79 Å². The fourth-order valence-electron chi connectivity index (χ4n) is 2.32. The zero-order chi connectivity index (χ0) is 14.8. The van der Waals surface area contributed by atoms with Crippen LogP contribution in [0.1, 0.15) is 0 Å². The first-order valence-electron chi connectivity index (χ1n) is 6.51. The number of piperazine rings is 1. The third-order valence-electron chi connectivity index (χ3n) is 3.39. The molecule has 0 aliphatic carbocycles. The molecule has 0 saturated carbocycles. The van der Waals surface area contributed by atoms with Crippen molar-refractivity contribution in [2.45, 2.75) is 0 Å². The highest BCUT2D eigenvalue weighted by Gasteiger charge is 2.24. The number of anilines is 1. The van der Waals surface area contributed by atoms with Crippen molar-refractivity contribution in [1.29, 1.82) is 0 Å². The molecule has 21 heavy (non-hydrogen) atoms. The Balaban J connectivity index is 1.66. The van der Waals surface area contributed by atoms with Gasteiger partial charge in [0.1, 0.15) is 0 Å². The van der Waals surface area contributed by atoms with E-state index in [1.54, 1.807) is 11.0 Å². The molecule has 0 unspecified atom stereocenters. The first kappa shape index (κ1) is 14.2. The second kappa shape index (κ2) is 5.91. The molecule has 1 aliphatic heterocycles. The van der Waals surface area contributed by atoms with Crippen LogP contribution in [-0.4, -0.2) is 52.1 Å². The predicted molar refractivity (Wildman–Crippen MR) is 81.1 cm³/mol. The van der Waals surface area contributed by atoms with E-state index in [9.17, 15) is 4.79 Å². The summed E-state index contributed by atoms with van der Waals surface area (Å²) in [6.07, 6.45) is 2.98. The average molecular weight is 326 g/mol. The number of carbonyl (C=O) groups is 1. The minimum absolute atomic E-state index is 0.207. The molecular formula is C13H13Cl2N5O. The Bertz CT molecular complexity index is 638. The van der Waals surface area contributed by atoms with E-state index in [1.165, 1.54) is 12.4 Å². The lowest BCUT2D eigenvalue weighted by molar-refractivity contribution is 0.189. The molecule has 2 heterocycles. The Morgan fingerprint density at radius 3 is 2.33 bits per heavy atom.